The van der Waals surface area contributed by atoms with Crippen molar-refractivity contribution >= 4 is 28.7 Å². The molecule has 2 heterocycles. The summed E-state index contributed by atoms with van der Waals surface area (Å²) in [6.07, 6.45) is 2.62. The number of anilines is 2. The van der Waals surface area contributed by atoms with Gasteiger partial charge >= 0.3 is 0 Å². The van der Waals surface area contributed by atoms with Crippen molar-refractivity contribution in [2.75, 3.05) is 23.7 Å². The highest BCUT2D eigenvalue weighted by Gasteiger charge is 2.16. The highest BCUT2D eigenvalue weighted by atomic mass is 16.2. The van der Waals surface area contributed by atoms with Gasteiger partial charge in [0.2, 0.25) is 11.9 Å². The maximum atomic E-state index is 11.8. The summed E-state index contributed by atoms with van der Waals surface area (Å²) in [7, 11) is 0. The smallest absolute Gasteiger partial charge is 0.242 e. The Kier molecular flexibility index (Phi) is 4.91. The van der Waals surface area contributed by atoms with Crippen LogP contribution in [0.2, 0.25) is 0 Å². The lowest BCUT2D eigenvalue weighted by atomic mass is 10.3. The molecular formula is C13H21N7O. The standard InChI is InChI=1S/C13H21N7O/c1-4-6-15-13-18-10(9-7-16-20-11(9)19-13)17-8(3)12(21)14-5-2/h7-8H,4-6H2,1-3H3,(H,14,21)(H3,15,16,17,18,19,20). The van der Waals surface area contributed by atoms with Crippen LogP contribution in [0.3, 0.4) is 0 Å². The number of hydrogen-bond acceptors (Lipinski definition) is 6. The molecule has 0 fully saturated rings. The predicted molar refractivity (Wildman–Crippen MR) is 82.2 cm³/mol. The first-order chi connectivity index (χ1) is 10.2. The summed E-state index contributed by atoms with van der Waals surface area (Å²) in [4.78, 5) is 20.6. The zero-order valence-corrected chi connectivity index (χ0v) is 12.5. The fourth-order valence-electron chi connectivity index (χ4n) is 1.86. The Labute approximate surface area is 123 Å². The molecule has 0 saturated carbocycles. The zero-order valence-electron chi connectivity index (χ0n) is 12.5. The Morgan fingerprint density at radius 2 is 2.19 bits per heavy atom. The maximum Gasteiger partial charge on any atom is 0.242 e. The number of carbonyl (C=O) groups excluding carboxylic acids is 1. The average molecular weight is 291 g/mol. The van der Waals surface area contributed by atoms with Gasteiger partial charge in [-0.1, -0.05) is 6.92 Å². The minimum absolute atomic E-state index is 0.0733. The first kappa shape index (κ1) is 15.0. The lowest BCUT2D eigenvalue weighted by molar-refractivity contribution is -0.121. The molecule has 0 bridgehead atoms. The van der Waals surface area contributed by atoms with E-state index >= 15 is 0 Å². The molecule has 0 spiro atoms. The number of fused-ring (bicyclic) bond motifs is 1. The van der Waals surface area contributed by atoms with E-state index in [-0.39, 0.29) is 5.91 Å². The van der Waals surface area contributed by atoms with Crippen molar-refractivity contribution in [2.45, 2.75) is 33.2 Å². The Morgan fingerprint density at radius 3 is 2.90 bits per heavy atom. The maximum absolute atomic E-state index is 11.8. The highest BCUT2D eigenvalue weighted by Crippen LogP contribution is 2.20. The van der Waals surface area contributed by atoms with Crippen molar-refractivity contribution < 1.29 is 4.79 Å². The van der Waals surface area contributed by atoms with Crippen molar-refractivity contribution in [3.63, 3.8) is 0 Å². The molecule has 0 aromatic carbocycles. The normalized spacial score (nSPS) is 12.1. The molecule has 4 N–H and O–H groups in total. The topological polar surface area (TPSA) is 108 Å². The van der Waals surface area contributed by atoms with Crippen LogP contribution in [-0.4, -0.2) is 45.2 Å². The van der Waals surface area contributed by atoms with Gasteiger partial charge < -0.3 is 16.0 Å². The van der Waals surface area contributed by atoms with Gasteiger partial charge in [0.25, 0.3) is 0 Å². The number of aromatic amines is 1. The van der Waals surface area contributed by atoms with Gasteiger partial charge in [0.15, 0.2) is 5.65 Å². The predicted octanol–water partition coefficient (Wildman–Crippen LogP) is 1.11. The Hall–Kier alpha value is -2.38. The summed E-state index contributed by atoms with van der Waals surface area (Å²) in [5, 5.41) is 16.6. The van der Waals surface area contributed by atoms with Crippen molar-refractivity contribution in [3.8, 4) is 0 Å². The van der Waals surface area contributed by atoms with Gasteiger partial charge in [-0.25, -0.2) is 0 Å². The average Bonchev–Trinajstić information content (AvgIpc) is 2.93. The van der Waals surface area contributed by atoms with E-state index in [2.05, 4.69) is 43.0 Å². The van der Waals surface area contributed by atoms with E-state index in [0.29, 0.717) is 24.0 Å². The van der Waals surface area contributed by atoms with E-state index in [1.54, 1.807) is 13.1 Å². The first-order valence-electron chi connectivity index (χ1n) is 7.15. The zero-order chi connectivity index (χ0) is 15.2. The third-order valence-electron chi connectivity index (χ3n) is 2.94. The molecule has 8 heteroatoms. The van der Waals surface area contributed by atoms with E-state index in [9.17, 15) is 4.79 Å². The van der Waals surface area contributed by atoms with Crippen molar-refractivity contribution in [1.29, 1.82) is 0 Å². The van der Waals surface area contributed by atoms with Gasteiger partial charge in [-0.05, 0) is 20.3 Å². The Balaban J connectivity index is 2.24. The Morgan fingerprint density at radius 1 is 1.38 bits per heavy atom. The van der Waals surface area contributed by atoms with Crippen LogP contribution in [0.1, 0.15) is 27.2 Å². The van der Waals surface area contributed by atoms with Crippen molar-refractivity contribution in [1.82, 2.24) is 25.5 Å². The van der Waals surface area contributed by atoms with Gasteiger partial charge in [0, 0.05) is 13.1 Å². The van der Waals surface area contributed by atoms with E-state index < -0.39 is 6.04 Å². The molecule has 0 aliphatic carbocycles. The van der Waals surface area contributed by atoms with Crippen LogP contribution in [0, 0.1) is 0 Å². The minimum atomic E-state index is -0.392. The lowest BCUT2D eigenvalue weighted by Crippen LogP contribution is -2.37. The molecule has 2 rings (SSSR count). The van der Waals surface area contributed by atoms with Crippen LogP contribution in [0.4, 0.5) is 11.8 Å². The summed E-state index contributed by atoms with van der Waals surface area (Å²) in [5.41, 5.74) is 0.634. The van der Waals surface area contributed by atoms with E-state index in [1.165, 1.54) is 0 Å². The summed E-state index contributed by atoms with van der Waals surface area (Å²) in [5.74, 6) is 1.03. The molecular weight excluding hydrogens is 270 g/mol. The van der Waals surface area contributed by atoms with Crippen LogP contribution in [0.5, 0.6) is 0 Å². The molecule has 21 heavy (non-hydrogen) atoms. The first-order valence-corrected chi connectivity index (χ1v) is 7.15. The lowest BCUT2D eigenvalue weighted by Gasteiger charge is -2.15. The monoisotopic (exact) mass is 291 g/mol. The molecule has 1 amide bonds. The SMILES string of the molecule is CCCNc1nc(NC(C)C(=O)NCC)c2cn[nH]c2n1. The summed E-state index contributed by atoms with van der Waals surface area (Å²) in [6, 6.07) is -0.392. The van der Waals surface area contributed by atoms with E-state index in [0.717, 1.165) is 18.4 Å². The second-order valence-corrected chi connectivity index (χ2v) is 4.72. The van der Waals surface area contributed by atoms with Crippen molar-refractivity contribution in [3.05, 3.63) is 6.20 Å². The van der Waals surface area contributed by atoms with Crippen LogP contribution >= 0.6 is 0 Å². The van der Waals surface area contributed by atoms with Gasteiger partial charge in [-0.3, -0.25) is 9.89 Å². The molecule has 1 atom stereocenters. The number of H-pyrrole nitrogens is 1. The highest BCUT2D eigenvalue weighted by molar-refractivity contribution is 5.90. The van der Waals surface area contributed by atoms with Crippen LogP contribution in [0.25, 0.3) is 11.0 Å². The number of nitrogens with zero attached hydrogens (tertiary/aromatic N) is 3. The second-order valence-electron chi connectivity index (χ2n) is 4.72. The molecule has 1 unspecified atom stereocenters. The van der Waals surface area contributed by atoms with Gasteiger partial charge in [0.05, 0.1) is 11.6 Å². The number of likely N-dealkylation sites (N-methyl/N-ethyl adjacent to an activating group) is 1. The van der Waals surface area contributed by atoms with Crippen molar-refractivity contribution in [2.24, 2.45) is 0 Å². The van der Waals surface area contributed by atoms with E-state index in [4.69, 9.17) is 0 Å². The number of amides is 1. The summed E-state index contributed by atoms with van der Waals surface area (Å²) < 4.78 is 0. The fraction of sp³-hybridized carbons (Fsp3) is 0.538. The molecule has 2 aromatic heterocycles. The fourth-order valence-corrected chi connectivity index (χ4v) is 1.86. The number of nitrogens with one attached hydrogen (secondary N) is 4. The summed E-state index contributed by atoms with van der Waals surface area (Å²) >= 11 is 0. The molecule has 114 valence electrons. The quantitative estimate of drug-likeness (QED) is 0.608. The number of hydrogen-bond donors (Lipinski definition) is 4. The minimum Gasteiger partial charge on any atom is -0.358 e. The molecule has 0 aliphatic rings. The largest absolute Gasteiger partial charge is 0.358 e. The molecule has 0 saturated heterocycles. The van der Waals surface area contributed by atoms with Crippen LogP contribution < -0.4 is 16.0 Å². The summed E-state index contributed by atoms with van der Waals surface area (Å²) in [6.45, 7) is 7.12. The third-order valence-corrected chi connectivity index (χ3v) is 2.94. The van der Waals surface area contributed by atoms with Gasteiger partial charge in [0.1, 0.15) is 11.9 Å². The van der Waals surface area contributed by atoms with E-state index in [1.807, 2.05) is 6.92 Å². The molecule has 2 aromatic rings. The number of carbonyl (C=O) groups is 1. The molecule has 0 aliphatic heterocycles. The van der Waals surface area contributed by atoms with Crippen LogP contribution in [-0.2, 0) is 4.79 Å². The number of rotatable bonds is 7. The number of aromatic nitrogens is 4. The molecule has 0 radical (unpaired) electrons. The molecule has 8 nitrogen and oxygen atoms in total. The third kappa shape index (κ3) is 3.59. The second kappa shape index (κ2) is 6.87. The van der Waals surface area contributed by atoms with Gasteiger partial charge in [-0.15, -0.1) is 0 Å². The van der Waals surface area contributed by atoms with Crippen LogP contribution in [0.15, 0.2) is 6.20 Å². The van der Waals surface area contributed by atoms with Gasteiger partial charge in [-0.2, -0.15) is 15.1 Å². The Bertz CT molecular complexity index is 610.